The van der Waals surface area contributed by atoms with Gasteiger partial charge in [-0.3, -0.25) is 9.89 Å². The summed E-state index contributed by atoms with van der Waals surface area (Å²) in [6.07, 6.45) is 1.42. The molecule has 0 amide bonds. The lowest BCUT2D eigenvalue weighted by Gasteiger charge is -2.18. The predicted octanol–water partition coefficient (Wildman–Crippen LogP) is 4.18. The Balaban J connectivity index is 1.59. The molecule has 0 aliphatic rings. The molecule has 2 aromatic carbocycles. The minimum absolute atomic E-state index is 0.0859. The number of ether oxygens (including phenoxy) is 1. The van der Waals surface area contributed by atoms with Crippen molar-refractivity contribution in [1.82, 2.24) is 19.6 Å². The normalized spacial score (nSPS) is 11.7. The first-order valence-corrected chi connectivity index (χ1v) is 10.1. The van der Waals surface area contributed by atoms with Crippen LogP contribution in [-0.4, -0.2) is 26.7 Å². The van der Waals surface area contributed by atoms with Crippen LogP contribution in [0.15, 0.2) is 59.4 Å². The van der Waals surface area contributed by atoms with E-state index in [0.29, 0.717) is 18.0 Å². The zero-order valence-corrected chi connectivity index (χ0v) is 17.8. The minimum atomic E-state index is -0.161. The summed E-state index contributed by atoms with van der Waals surface area (Å²) >= 11 is 0. The van der Waals surface area contributed by atoms with Crippen LogP contribution in [0.4, 0.5) is 0 Å². The summed E-state index contributed by atoms with van der Waals surface area (Å²) in [7, 11) is 1.65. The van der Waals surface area contributed by atoms with Gasteiger partial charge < -0.3 is 4.74 Å². The molecule has 0 fully saturated rings. The highest BCUT2D eigenvalue weighted by atomic mass is 16.5. The van der Waals surface area contributed by atoms with Crippen molar-refractivity contribution in [1.29, 1.82) is 0 Å². The van der Waals surface area contributed by atoms with Crippen molar-refractivity contribution in [3.63, 3.8) is 0 Å². The van der Waals surface area contributed by atoms with Gasteiger partial charge in [0.15, 0.2) is 5.82 Å². The lowest BCUT2D eigenvalue weighted by molar-refractivity contribution is 0.414. The van der Waals surface area contributed by atoms with E-state index in [1.807, 2.05) is 36.4 Å². The molecule has 0 saturated heterocycles. The highest BCUT2D eigenvalue weighted by Crippen LogP contribution is 2.25. The quantitative estimate of drug-likeness (QED) is 0.544. The summed E-state index contributed by atoms with van der Waals surface area (Å²) in [5, 5.41) is 3.07. The number of nitrogens with zero attached hydrogens (tertiary/aromatic N) is 3. The van der Waals surface area contributed by atoms with E-state index in [2.05, 4.69) is 48.0 Å². The van der Waals surface area contributed by atoms with Gasteiger partial charge >= 0.3 is 0 Å². The van der Waals surface area contributed by atoms with E-state index in [1.165, 1.54) is 10.1 Å². The molecule has 0 spiro atoms. The number of benzene rings is 2. The Morgan fingerprint density at radius 1 is 1.00 bits per heavy atom. The number of aryl methyl sites for hydroxylation is 2. The van der Waals surface area contributed by atoms with Crippen molar-refractivity contribution in [2.45, 2.75) is 39.0 Å². The molecule has 0 aliphatic carbocycles. The zero-order valence-electron chi connectivity index (χ0n) is 17.8. The number of fused-ring (bicyclic) bond motifs is 1. The van der Waals surface area contributed by atoms with Crippen LogP contribution in [0, 0.1) is 0 Å². The molecule has 6 heteroatoms. The second-order valence-corrected chi connectivity index (χ2v) is 8.47. The molecule has 1 N–H and O–H groups in total. The van der Waals surface area contributed by atoms with Gasteiger partial charge in [0.05, 0.1) is 12.8 Å². The standard InChI is InChI=1S/C24H26N4O2/c1-24(2,3)18-11-9-17(10-12-18)22-26-23-25-19(15-21(29)28(23)27-22)13-8-16-6-5-7-20(14-16)30-4/h5-7,9-12,14-15H,8,13H2,1-4H3,(H,25,26,27). The molecule has 154 valence electrons. The predicted molar refractivity (Wildman–Crippen MR) is 118 cm³/mol. The van der Waals surface area contributed by atoms with Crippen molar-refractivity contribution in [2.24, 2.45) is 0 Å². The Hall–Kier alpha value is -3.41. The molecule has 0 aliphatic heterocycles. The third kappa shape index (κ3) is 4.13. The molecule has 0 radical (unpaired) electrons. The van der Waals surface area contributed by atoms with Crippen molar-refractivity contribution in [3.8, 4) is 17.1 Å². The Kier molecular flexibility index (Phi) is 5.16. The maximum Gasteiger partial charge on any atom is 0.274 e. The molecule has 0 saturated carbocycles. The second-order valence-electron chi connectivity index (χ2n) is 8.47. The number of rotatable bonds is 5. The second kappa shape index (κ2) is 7.78. The average molecular weight is 402 g/mol. The summed E-state index contributed by atoms with van der Waals surface area (Å²) in [6.45, 7) is 6.54. The van der Waals surface area contributed by atoms with Crippen LogP contribution in [0.2, 0.25) is 0 Å². The molecule has 2 aromatic heterocycles. The van der Waals surface area contributed by atoms with Crippen LogP contribution in [0.5, 0.6) is 5.75 Å². The van der Waals surface area contributed by atoms with Crippen molar-refractivity contribution >= 4 is 5.78 Å². The van der Waals surface area contributed by atoms with Gasteiger partial charge in [0.2, 0.25) is 0 Å². The fraction of sp³-hybridized carbons (Fsp3) is 0.292. The van der Waals surface area contributed by atoms with Gasteiger partial charge in [0, 0.05) is 11.6 Å². The first-order chi connectivity index (χ1) is 14.3. The van der Waals surface area contributed by atoms with Gasteiger partial charge in [-0.2, -0.15) is 9.50 Å². The number of nitrogens with one attached hydrogen (secondary N) is 1. The monoisotopic (exact) mass is 402 g/mol. The molecule has 0 atom stereocenters. The van der Waals surface area contributed by atoms with E-state index in [9.17, 15) is 4.79 Å². The Labute approximate surface area is 175 Å². The first kappa shape index (κ1) is 19.9. The fourth-order valence-corrected chi connectivity index (χ4v) is 3.41. The minimum Gasteiger partial charge on any atom is -0.497 e. The highest BCUT2D eigenvalue weighted by Gasteiger charge is 2.14. The van der Waals surface area contributed by atoms with Gasteiger partial charge in [0.1, 0.15) is 5.75 Å². The Morgan fingerprint density at radius 2 is 1.77 bits per heavy atom. The van der Waals surface area contributed by atoms with Crippen LogP contribution in [-0.2, 0) is 18.3 Å². The number of aromatic amines is 1. The topological polar surface area (TPSA) is 72.3 Å². The van der Waals surface area contributed by atoms with Crippen LogP contribution >= 0.6 is 0 Å². The summed E-state index contributed by atoms with van der Waals surface area (Å²) in [6, 6.07) is 17.7. The van der Waals surface area contributed by atoms with E-state index in [0.717, 1.165) is 29.0 Å². The summed E-state index contributed by atoms with van der Waals surface area (Å²) in [5.74, 6) is 1.84. The first-order valence-electron chi connectivity index (χ1n) is 10.1. The molecule has 2 heterocycles. The van der Waals surface area contributed by atoms with Gasteiger partial charge in [-0.1, -0.05) is 57.2 Å². The zero-order chi connectivity index (χ0) is 21.3. The largest absolute Gasteiger partial charge is 0.497 e. The lowest BCUT2D eigenvalue weighted by Crippen LogP contribution is -2.16. The van der Waals surface area contributed by atoms with Gasteiger partial charge in [-0.15, -0.1) is 0 Å². The van der Waals surface area contributed by atoms with Crippen LogP contribution in [0.25, 0.3) is 17.2 Å². The summed E-state index contributed by atoms with van der Waals surface area (Å²) in [5.41, 5.74) is 3.96. The summed E-state index contributed by atoms with van der Waals surface area (Å²) in [4.78, 5) is 21.7. The Bertz CT molecular complexity index is 1230. The highest BCUT2D eigenvalue weighted by molar-refractivity contribution is 5.57. The van der Waals surface area contributed by atoms with Crippen LogP contribution < -0.4 is 10.3 Å². The number of methoxy groups -OCH3 is 1. The summed E-state index contributed by atoms with van der Waals surface area (Å²) < 4.78 is 6.66. The number of hydrogen-bond acceptors (Lipinski definition) is 4. The average Bonchev–Trinajstić information content (AvgIpc) is 3.17. The number of hydrogen-bond donors (Lipinski definition) is 1. The van der Waals surface area contributed by atoms with E-state index >= 15 is 0 Å². The molecular formula is C24H26N4O2. The van der Waals surface area contributed by atoms with Crippen molar-refractivity contribution < 1.29 is 4.74 Å². The third-order valence-electron chi connectivity index (χ3n) is 5.21. The molecule has 6 nitrogen and oxygen atoms in total. The van der Waals surface area contributed by atoms with Crippen molar-refractivity contribution in [3.05, 3.63) is 81.8 Å². The third-order valence-corrected chi connectivity index (χ3v) is 5.21. The maximum absolute atomic E-state index is 12.6. The molecule has 30 heavy (non-hydrogen) atoms. The molecule has 4 rings (SSSR count). The number of aromatic nitrogens is 4. The van der Waals surface area contributed by atoms with Gasteiger partial charge in [0.25, 0.3) is 11.3 Å². The maximum atomic E-state index is 12.6. The Morgan fingerprint density at radius 3 is 2.47 bits per heavy atom. The lowest BCUT2D eigenvalue weighted by atomic mass is 9.87. The molecule has 4 aromatic rings. The number of H-pyrrole nitrogens is 1. The smallest absolute Gasteiger partial charge is 0.274 e. The fourth-order valence-electron chi connectivity index (χ4n) is 3.41. The van der Waals surface area contributed by atoms with Crippen LogP contribution in [0.3, 0.4) is 0 Å². The SMILES string of the molecule is COc1cccc(CCc2cc(=O)n3[nH]c(-c4ccc(C(C)(C)C)cc4)nc3n2)c1. The molecule has 0 unspecified atom stereocenters. The van der Waals surface area contributed by atoms with E-state index in [-0.39, 0.29) is 11.0 Å². The molecule has 0 bridgehead atoms. The van der Waals surface area contributed by atoms with E-state index in [4.69, 9.17) is 4.74 Å². The van der Waals surface area contributed by atoms with Crippen molar-refractivity contribution in [2.75, 3.05) is 7.11 Å². The van der Waals surface area contributed by atoms with Crippen LogP contribution in [0.1, 0.15) is 37.6 Å². The van der Waals surface area contributed by atoms with Gasteiger partial charge in [-0.05, 0) is 41.5 Å². The molecular weight excluding hydrogens is 376 g/mol. The van der Waals surface area contributed by atoms with Gasteiger partial charge in [-0.25, -0.2) is 4.98 Å². The van der Waals surface area contributed by atoms with E-state index < -0.39 is 0 Å². The van der Waals surface area contributed by atoms with E-state index in [1.54, 1.807) is 13.2 Å².